The summed E-state index contributed by atoms with van der Waals surface area (Å²) in [5.41, 5.74) is 3.11. The minimum absolute atomic E-state index is 0.318. The molecule has 0 unspecified atom stereocenters. The van der Waals surface area contributed by atoms with Crippen LogP contribution in [0.5, 0.6) is 17.5 Å². The molecule has 1 aromatic heterocycles. The van der Waals surface area contributed by atoms with Crippen molar-refractivity contribution < 1.29 is 9.47 Å². The first-order valence-corrected chi connectivity index (χ1v) is 9.27. The molecular weight excluding hydrogens is 366 g/mol. The van der Waals surface area contributed by atoms with Crippen molar-refractivity contribution in [1.29, 1.82) is 0 Å². The van der Waals surface area contributed by atoms with Crippen molar-refractivity contribution in [3.05, 3.63) is 90.0 Å². The molecule has 0 fully saturated rings. The van der Waals surface area contributed by atoms with Gasteiger partial charge in [-0.25, -0.2) is 0 Å². The van der Waals surface area contributed by atoms with E-state index in [-0.39, 0.29) is 0 Å². The van der Waals surface area contributed by atoms with Crippen LogP contribution in [0, 0.1) is 0 Å². The van der Waals surface area contributed by atoms with Gasteiger partial charge in [0, 0.05) is 18.7 Å². The quantitative estimate of drug-likeness (QED) is 0.496. The smallest absolute Gasteiger partial charge is 0.345 e. The maximum atomic E-state index is 5.85. The van der Waals surface area contributed by atoms with Crippen LogP contribution in [-0.2, 0) is 13.1 Å². The van der Waals surface area contributed by atoms with Crippen LogP contribution >= 0.6 is 0 Å². The van der Waals surface area contributed by atoms with E-state index < -0.39 is 0 Å². The Hall–Kier alpha value is -3.71. The van der Waals surface area contributed by atoms with E-state index in [9.17, 15) is 0 Å². The molecule has 7 heteroatoms. The summed E-state index contributed by atoms with van der Waals surface area (Å²) in [6, 6.07) is 25.8. The molecule has 7 nitrogen and oxygen atoms in total. The highest BCUT2D eigenvalue weighted by Gasteiger charge is 2.10. The fourth-order valence-electron chi connectivity index (χ4n) is 2.95. The topological polar surface area (TPSA) is 74.1 Å². The standard InChI is InChI=1S/C22H21N5O2/c1-28-21-10-6-5-7-18(21)16-23-15-17-11-13-20(14-12-17)29-22-24-25-26-27(22)19-8-3-2-4-9-19/h2-14,23H,15-16H2,1H3. The van der Waals surface area contributed by atoms with E-state index in [1.165, 1.54) is 0 Å². The highest BCUT2D eigenvalue weighted by molar-refractivity contribution is 5.35. The Labute approximate surface area is 168 Å². The number of aromatic nitrogens is 4. The van der Waals surface area contributed by atoms with Crippen molar-refractivity contribution >= 4 is 0 Å². The number of para-hydroxylation sites is 2. The Bertz CT molecular complexity index is 1050. The predicted octanol–water partition coefficient (Wildman–Crippen LogP) is 3.75. The second-order valence-electron chi connectivity index (χ2n) is 6.37. The first-order chi connectivity index (χ1) is 14.3. The van der Waals surface area contributed by atoms with Gasteiger partial charge in [0.2, 0.25) is 0 Å². The molecule has 0 amide bonds. The van der Waals surface area contributed by atoms with E-state index in [1.807, 2.05) is 72.8 Å². The SMILES string of the molecule is COc1ccccc1CNCc1ccc(Oc2nnnn2-c2ccccc2)cc1. The second-order valence-corrected chi connectivity index (χ2v) is 6.37. The van der Waals surface area contributed by atoms with Crippen molar-refractivity contribution in [2.75, 3.05) is 7.11 Å². The number of nitrogens with one attached hydrogen (secondary N) is 1. The minimum Gasteiger partial charge on any atom is -0.496 e. The van der Waals surface area contributed by atoms with E-state index >= 15 is 0 Å². The van der Waals surface area contributed by atoms with Gasteiger partial charge < -0.3 is 14.8 Å². The monoisotopic (exact) mass is 387 g/mol. The van der Waals surface area contributed by atoms with Crippen LogP contribution in [-0.4, -0.2) is 27.3 Å². The lowest BCUT2D eigenvalue weighted by Gasteiger charge is -2.10. The van der Waals surface area contributed by atoms with Gasteiger partial charge in [0.15, 0.2) is 0 Å². The Balaban J connectivity index is 1.36. The number of ether oxygens (including phenoxy) is 2. The molecule has 1 N–H and O–H groups in total. The first-order valence-electron chi connectivity index (χ1n) is 9.27. The summed E-state index contributed by atoms with van der Waals surface area (Å²) in [4.78, 5) is 0. The molecule has 4 aromatic rings. The number of hydrogen-bond donors (Lipinski definition) is 1. The van der Waals surface area contributed by atoms with Gasteiger partial charge in [-0.1, -0.05) is 53.6 Å². The molecule has 0 saturated carbocycles. The molecule has 0 bridgehead atoms. The number of nitrogens with zero attached hydrogens (tertiary/aromatic N) is 4. The van der Waals surface area contributed by atoms with Crippen molar-refractivity contribution in [3.8, 4) is 23.2 Å². The summed E-state index contributed by atoms with van der Waals surface area (Å²) >= 11 is 0. The average molecular weight is 387 g/mol. The van der Waals surface area contributed by atoms with Crippen LogP contribution in [0.3, 0.4) is 0 Å². The lowest BCUT2D eigenvalue weighted by Crippen LogP contribution is -2.13. The number of methoxy groups -OCH3 is 1. The predicted molar refractivity (Wildman–Crippen MR) is 109 cm³/mol. The van der Waals surface area contributed by atoms with Crippen LogP contribution in [0.4, 0.5) is 0 Å². The number of benzene rings is 3. The average Bonchev–Trinajstić information content (AvgIpc) is 3.24. The van der Waals surface area contributed by atoms with E-state index in [1.54, 1.807) is 11.8 Å². The normalized spacial score (nSPS) is 10.7. The fourth-order valence-corrected chi connectivity index (χ4v) is 2.95. The largest absolute Gasteiger partial charge is 0.496 e. The molecule has 0 spiro atoms. The Morgan fingerprint density at radius 2 is 1.62 bits per heavy atom. The molecule has 0 aliphatic rings. The molecule has 4 rings (SSSR count). The first kappa shape index (κ1) is 18.6. The summed E-state index contributed by atoms with van der Waals surface area (Å²) in [6.45, 7) is 1.47. The second kappa shape index (κ2) is 8.99. The third kappa shape index (κ3) is 4.59. The highest BCUT2D eigenvalue weighted by Crippen LogP contribution is 2.22. The van der Waals surface area contributed by atoms with Gasteiger partial charge in [0.25, 0.3) is 0 Å². The van der Waals surface area contributed by atoms with E-state index in [0.29, 0.717) is 11.8 Å². The summed E-state index contributed by atoms with van der Waals surface area (Å²) in [5.74, 6) is 1.56. The fraction of sp³-hybridized carbons (Fsp3) is 0.136. The molecule has 0 aliphatic carbocycles. The lowest BCUT2D eigenvalue weighted by atomic mass is 10.2. The summed E-state index contributed by atoms with van der Waals surface area (Å²) in [6.07, 6.45) is 0. The van der Waals surface area contributed by atoms with Crippen LogP contribution in [0.25, 0.3) is 5.69 Å². The van der Waals surface area contributed by atoms with Gasteiger partial charge in [0.05, 0.1) is 12.8 Å². The number of rotatable bonds is 8. The Morgan fingerprint density at radius 1 is 0.862 bits per heavy atom. The minimum atomic E-state index is 0.318. The molecule has 29 heavy (non-hydrogen) atoms. The third-order valence-corrected chi connectivity index (χ3v) is 4.41. The van der Waals surface area contributed by atoms with Crippen molar-refractivity contribution in [1.82, 2.24) is 25.5 Å². The zero-order chi connectivity index (χ0) is 19.9. The van der Waals surface area contributed by atoms with Crippen LogP contribution in [0.2, 0.25) is 0 Å². The molecular formula is C22H21N5O2. The number of hydrogen-bond acceptors (Lipinski definition) is 6. The molecule has 0 saturated heterocycles. The van der Waals surface area contributed by atoms with Crippen LogP contribution in [0.1, 0.15) is 11.1 Å². The van der Waals surface area contributed by atoms with Crippen molar-refractivity contribution in [2.45, 2.75) is 13.1 Å². The summed E-state index contributed by atoms with van der Waals surface area (Å²) < 4.78 is 12.8. The van der Waals surface area contributed by atoms with Gasteiger partial charge in [-0.3, -0.25) is 0 Å². The van der Waals surface area contributed by atoms with Gasteiger partial charge in [-0.15, -0.1) is 0 Å². The zero-order valence-corrected chi connectivity index (χ0v) is 16.0. The Morgan fingerprint density at radius 3 is 2.41 bits per heavy atom. The van der Waals surface area contributed by atoms with Gasteiger partial charge in [-0.2, -0.15) is 4.68 Å². The third-order valence-electron chi connectivity index (χ3n) is 4.41. The van der Waals surface area contributed by atoms with Crippen LogP contribution < -0.4 is 14.8 Å². The molecule has 0 atom stereocenters. The van der Waals surface area contributed by atoms with Crippen molar-refractivity contribution in [2.24, 2.45) is 0 Å². The van der Waals surface area contributed by atoms with E-state index in [4.69, 9.17) is 9.47 Å². The zero-order valence-electron chi connectivity index (χ0n) is 16.0. The maximum Gasteiger partial charge on any atom is 0.345 e. The van der Waals surface area contributed by atoms with Crippen molar-refractivity contribution in [3.63, 3.8) is 0 Å². The highest BCUT2D eigenvalue weighted by atomic mass is 16.5. The summed E-state index contributed by atoms with van der Waals surface area (Å²) in [5, 5.41) is 15.1. The maximum absolute atomic E-state index is 5.85. The van der Waals surface area contributed by atoms with Gasteiger partial charge >= 0.3 is 6.01 Å². The molecule has 0 aliphatic heterocycles. The van der Waals surface area contributed by atoms with E-state index in [0.717, 1.165) is 35.7 Å². The molecule has 146 valence electrons. The van der Waals surface area contributed by atoms with Gasteiger partial charge in [-0.05, 0) is 46.3 Å². The van der Waals surface area contributed by atoms with E-state index in [2.05, 4.69) is 26.9 Å². The number of tetrazole rings is 1. The molecule has 3 aromatic carbocycles. The summed E-state index contributed by atoms with van der Waals surface area (Å²) in [7, 11) is 1.69. The Kier molecular flexibility index (Phi) is 5.78. The molecule has 0 radical (unpaired) electrons. The van der Waals surface area contributed by atoms with Crippen LogP contribution in [0.15, 0.2) is 78.9 Å². The lowest BCUT2D eigenvalue weighted by molar-refractivity contribution is 0.407. The van der Waals surface area contributed by atoms with Gasteiger partial charge in [0.1, 0.15) is 11.5 Å². The molecule has 1 heterocycles.